The van der Waals surface area contributed by atoms with Gasteiger partial charge in [0.15, 0.2) is 0 Å². The zero-order chi connectivity index (χ0) is 11.4. The maximum Gasteiger partial charge on any atom is 0.291 e. The molecule has 0 fully saturated rings. The van der Waals surface area contributed by atoms with Crippen LogP contribution < -0.4 is 5.32 Å². The lowest BCUT2D eigenvalue weighted by atomic mass is 10.1. The zero-order valence-corrected chi connectivity index (χ0v) is 9.11. The summed E-state index contributed by atoms with van der Waals surface area (Å²) in [4.78, 5) is 15.5. The average Bonchev–Trinajstić information content (AvgIpc) is 2.63. The van der Waals surface area contributed by atoms with Gasteiger partial charge in [0.25, 0.3) is 5.91 Å². The van der Waals surface area contributed by atoms with Crippen molar-refractivity contribution in [1.29, 1.82) is 0 Å². The molecule has 0 bridgehead atoms. The molecule has 1 heterocycles. The number of rotatable bonds is 4. The van der Waals surface area contributed by atoms with E-state index in [9.17, 15) is 4.79 Å². The number of aliphatic hydroxyl groups excluding tert-OH is 1. The number of aliphatic hydroxyl groups is 1. The normalized spacial score (nSPS) is 14.7. The minimum absolute atomic E-state index is 0.00832. The molecule has 6 heteroatoms. The van der Waals surface area contributed by atoms with Crippen LogP contribution in [0.5, 0.6) is 0 Å². The topological polar surface area (TPSA) is 90.9 Å². The molecule has 0 saturated carbocycles. The second-order valence-corrected chi connectivity index (χ2v) is 3.67. The van der Waals surface area contributed by atoms with Crippen molar-refractivity contribution in [2.24, 2.45) is 5.92 Å². The van der Waals surface area contributed by atoms with Crippen LogP contribution in [-0.4, -0.2) is 38.8 Å². The van der Waals surface area contributed by atoms with Crippen LogP contribution in [0.1, 0.15) is 30.3 Å². The predicted molar refractivity (Wildman–Crippen MR) is 54.3 cm³/mol. The monoisotopic (exact) mass is 212 g/mol. The van der Waals surface area contributed by atoms with Crippen LogP contribution in [0.3, 0.4) is 0 Å². The molecule has 0 spiro atoms. The first-order chi connectivity index (χ1) is 7.04. The van der Waals surface area contributed by atoms with Crippen molar-refractivity contribution in [2.75, 3.05) is 6.61 Å². The van der Waals surface area contributed by atoms with Crippen molar-refractivity contribution >= 4 is 5.91 Å². The maximum atomic E-state index is 11.6. The lowest BCUT2D eigenvalue weighted by Gasteiger charge is -2.17. The van der Waals surface area contributed by atoms with Gasteiger partial charge >= 0.3 is 0 Å². The summed E-state index contributed by atoms with van der Waals surface area (Å²) in [6.07, 6.45) is 0. The van der Waals surface area contributed by atoms with Gasteiger partial charge in [-0.25, -0.2) is 4.98 Å². The largest absolute Gasteiger partial charge is 0.396 e. The molecule has 84 valence electrons. The Morgan fingerprint density at radius 3 is 2.73 bits per heavy atom. The van der Waals surface area contributed by atoms with E-state index in [1.165, 1.54) is 0 Å². The highest BCUT2D eigenvalue weighted by molar-refractivity contribution is 5.90. The summed E-state index contributed by atoms with van der Waals surface area (Å²) < 4.78 is 0. The second-order valence-electron chi connectivity index (χ2n) is 3.67. The van der Waals surface area contributed by atoms with Crippen molar-refractivity contribution in [3.05, 3.63) is 11.6 Å². The highest BCUT2D eigenvalue weighted by atomic mass is 16.3. The summed E-state index contributed by atoms with van der Waals surface area (Å²) in [5.74, 6) is 0.411. The molecule has 1 amide bonds. The summed E-state index contributed by atoms with van der Waals surface area (Å²) >= 11 is 0. The van der Waals surface area contributed by atoms with Gasteiger partial charge in [0.05, 0.1) is 0 Å². The first kappa shape index (κ1) is 11.6. The number of hydrogen-bond donors (Lipinski definition) is 3. The molecular weight excluding hydrogens is 196 g/mol. The number of hydrogen-bond acceptors (Lipinski definition) is 4. The minimum Gasteiger partial charge on any atom is -0.396 e. The van der Waals surface area contributed by atoms with Crippen LogP contribution in [0.25, 0.3) is 0 Å². The fraction of sp³-hybridized carbons (Fsp3) is 0.667. The average molecular weight is 212 g/mol. The molecule has 6 nitrogen and oxygen atoms in total. The van der Waals surface area contributed by atoms with Gasteiger partial charge in [-0.15, -0.1) is 5.10 Å². The molecule has 1 aromatic rings. The molecular formula is C9H16N4O2. The molecule has 0 aliphatic rings. The fourth-order valence-electron chi connectivity index (χ4n) is 1.02. The van der Waals surface area contributed by atoms with Gasteiger partial charge in [0.2, 0.25) is 5.82 Å². The van der Waals surface area contributed by atoms with E-state index in [2.05, 4.69) is 20.5 Å². The van der Waals surface area contributed by atoms with Crippen molar-refractivity contribution in [3.63, 3.8) is 0 Å². The number of amides is 1. The first-order valence-electron chi connectivity index (χ1n) is 4.85. The van der Waals surface area contributed by atoms with E-state index >= 15 is 0 Å². The number of nitrogens with one attached hydrogen (secondary N) is 2. The minimum atomic E-state index is -0.327. The Kier molecular flexibility index (Phi) is 3.79. The molecule has 2 unspecified atom stereocenters. The molecule has 15 heavy (non-hydrogen) atoms. The second kappa shape index (κ2) is 4.88. The number of H-pyrrole nitrogens is 1. The third-order valence-electron chi connectivity index (χ3n) is 2.30. The smallest absolute Gasteiger partial charge is 0.291 e. The number of aryl methyl sites for hydroxylation is 1. The Hall–Kier alpha value is -1.43. The fourth-order valence-corrected chi connectivity index (χ4v) is 1.02. The van der Waals surface area contributed by atoms with Crippen molar-refractivity contribution in [2.45, 2.75) is 26.8 Å². The molecule has 0 radical (unpaired) electrons. The van der Waals surface area contributed by atoms with Crippen LogP contribution >= 0.6 is 0 Å². The molecule has 3 N–H and O–H groups in total. The highest BCUT2D eigenvalue weighted by Gasteiger charge is 2.17. The van der Waals surface area contributed by atoms with Crippen LogP contribution in [0.2, 0.25) is 0 Å². The molecule has 0 aliphatic carbocycles. The summed E-state index contributed by atoms with van der Waals surface area (Å²) in [6, 6.07) is -0.110. The van der Waals surface area contributed by atoms with Crippen molar-refractivity contribution < 1.29 is 9.90 Å². The standard InChI is InChI=1S/C9H16N4O2/c1-5(4-14)6(2)10-9(15)8-11-7(3)12-13-8/h5-6,14H,4H2,1-3H3,(H,10,15)(H,11,12,13). The van der Waals surface area contributed by atoms with Crippen molar-refractivity contribution in [3.8, 4) is 0 Å². The highest BCUT2D eigenvalue weighted by Crippen LogP contribution is 2.01. The molecule has 0 saturated heterocycles. The van der Waals surface area contributed by atoms with Gasteiger partial charge in [0.1, 0.15) is 5.82 Å². The zero-order valence-electron chi connectivity index (χ0n) is 9.11. The van der Waals surface area contributed by atoms with E-state index in [0.29, 0.717) is 5.82 Å². The summed E-state index contributed by atoms with van der Waals surface area (Å²) in [5, 5.41) is 18.0. The van der Waals surface area contributed by atoms with Crippen LogP contribution in [0, 0.1) is 12.8 Å². The third kappa shape index (κ3) is 3.02. The number of aromatic amines is 1. The Labute approximate surface area is 88.1 Å². The number of nitrogens with zero attached hydrogens (tertiary/aromatic N) is 2. The van der Waals surface area contributed by atoms with E-state index in [4.69, 9.17) is 5.11 Å². The number of aromatic nitrogens is 3. The van der Waals surface area contributed by atoms with Gasteiger partial charge in [-0.05, 0) is 19.8 Å². The van der Waals surface area contributed by atoms with E-state index in [1.807, 2.05) is 13.8 Å². The maximum absolute atomic E-state index is 11.6. The SMILES string of the molecule is Cc1nc(C(=O)NC(C)C(C)CO)n[nH]1. The van der Waals surface area contributed by atoms with Gasteiger partial charge in [0, 0.05) is 12.6 Å². The van der Waals surface area contributed by atoms with Gasteiger partial charge in [-0.1, -0.05) is 6.92 Å². The van der Waals surface area contributed by atoms with Crippen LogP contribution in [-0.2, 0) is 0 Å². The van der Waals surface area contributed by atoms with Gasteiger partial charge in [-0.2, -0.15) is 0 Å². The van der Waals surface area contributed by atoms with E-state index in [-0.39, 0.29) is 30.3 Å². The summed E-state index contributed by atoms with van der Waals surface area (Å²) in [5.41, 5.74) is 0. The number of carbonyl (C=O) groups is 1. The first-order valence-corrected chi connectivity index (χ1v) is 4.85. The lowest BCUT2D eigenvalue weighted by molar-refractivity contribution is 0.0906. The van der Waals surface area contributed by atoms with E-state index < -0.39 is 0 Å². The van der Waals surface area contributed by atoms with Gasteiger partial charge in [-0.3, -0.25) is 9.89 Å². The Morgan fingerprint density at radius 2 is 2.27 bits per heavy atom. The predicted octanol–water partition coefficient (Wildman–Crippen LogP) is -0.140. The molecule has 1 rings (SSSR count). The molecule has 0 aliphatic heterocycles. The Morgan fingerprint density at radius 1 is 1.60 bits per heavy atom. The quantitative estimate of drug-likeness (QED) is 0.648. The third-order valence-corrected chi connectivity index (χ3v) is 2.30. The molecule has 0 aromatic carbocycles. The lowest BCUT2D eigenvalue weighted by Crippen LogP contribution is -2.38. The van der Waals surface area contributed by atoms with Crippen LogP contribution in [0.15, 0.2) is 0 Å². The van der Waals surface area contributed by atoms with E-state index in [1.54, 1.807) is 6.92 Å². The summed E-state index contributed by atoms with van der Waals surface area (Å²) in [7, 11) is 0. The molecule has 1 aromatic heterocycles. The van der Waals surface area contributed by atoms with Crippen LogP contribution in [0.4, 0.5) is 0 Å². The molecule has 2 atom stereocenters. The summed E-state index contributed by atoms with van der Waals surface area (Å²) in [6.45, 7) is 5.45. The Balaban J connectivity index is 2.56. The van der Waals surface area contributed by atoms with E-state index in [0.717, 1.165) is 0 Å². The number of carbonyl (C=O) groups excluding carboxylic acids is 1. The van der Waals surface area contributed by atoms with Gasteiger partial charge < -0.3 is 10.4 Å². The Bertz CT molecular complexity index is 337. The van der Waals surface area contributed by atoms with Crippen molar-refractivity contribution in [1.82, 2.24) is 20.5 Å².